The van der Waals surface area contributed by atoms with Crippen LogP contribution in [0.5, 0.6) is 5.75 Å². The highest BCUT2D eigenvalue weighted by Crippen LogP contribution is 2.43. The number of sulfone groups is 1. The Balaban J connectivity index is 1.64. The number of benzene rings is 2. The first-order valence-corrected chi connectivity index (χ1v) is 11.3. The molecule has 0 amide bonds. The normalized spacial score (nSPS) is 21.2. The second kappa shape index (κ2) is 8.01. The van der Waals surface area contributed by atoms with E-state index < -0.39 is 9.84 Å². The minimum atomic E-state index is -3.16. The first-order chi connectivity index (χ1) is 12.8. The summed E-state index contributed by atoms with van der Waals surface area (Å²) in [5, 5.41) is 0. The zero-order valence-corrected chi connectivity index (χ0v) is 16.9. The summed E-state index contributed by atoms with van der Waals surface area (Å²) in [4.78, 5) is 0.364. The van der Waals surface area contributed by atoms with E-state index in [9.17, 15) is 12.8 Å². The molecule has 0 N–H and O–H groups in total. The summed E-state index contributed by atoms with van der Waals surface area (Å²) >= 11 is 0. The van der Waals surface area contributed by atoms with Crippen LogP contribution in [0.25, 0.3) is 0 Å². The first kappa shape index (κ1) is 19.9. The van der Waals surface area contributed by atoms with Crippen LogP contribution in [0.3, 0.4) is 0 Å². The molecule has 0 aromatic heterocycles. The predicted octanol–water partition coefficient (Wildman–Crippen LogP) is 5.32. The summed E-state index contributed by atoms with van der Waals surface area (Å²) in [5.74, 6) is 1.18. The lowest BCUT2D eigenvalue weighted by atomic mass is 9.87. The molecule has 3 nitrogen and oxygen atoms in total. The maximum absolute atomic E-state index is 14.5. The molecule has 0 heterocycles. The van der Waals surface area contributed by atoms with E-state index in [0.29, 0.717) is 22.5 Å². The minimum Gasteiger partial charge on any atom is -0.494 e. The van der Waals surface area contributed by atoms with Crippen molar-refractivity contribution in [3.63, 3.8) is 0 Å². The van der Waals surface area contributed by atoms with Crippen molar-refractivity contribution in [2.24, 2.45) is 5.92 Å². The van der Waals surface area contributed by atoms with Crippen LogP contribution in [0.4, 0.5) is 4.39 Å². The van der Waals surface area contributed by atoms with Crippen LogP contribution in [0.15, 0.2) is 47.4 Å². The van der Waals surface area contributed by atoms with Gasteiger partial charge in [-0.2, -0.15) is 0 Å². The molecule has 1 saturated carbocycles. The average molecular weight is 391 g/mol. The summed E-state index contributed by atoms with van der Waals surface area (Å²) in [5.41, 5.74) is 1.92. The molecule has 5 heteroatoms. The van der Waals surface area contributed by atoms with Crippen molar-refractivity contribution in [1.82, 2.24) is 0 Å². The second-order valence-electron chi connectivity index (χ2n) is 7.72. The molecular weight excluding hydrogens is 363 g/mol. The zero-order chi connectivity index (χ0) is 19.6. The van der Waals surface area contributed by atoms with E-state index in [1.807, 2.05) is 24.3 Å². The molecule has 0 aliphatic heterocycles. The number of hydrogen-bond donors (Lipinski definition) is 0. The number of halogens is 1. The van der Waals surface area contributed by atoms with Gasteiger partial charge in [0.25, 0.3) is 0 Å². The third-order valence-corrected chi connectivity index (χ3v) is 6.88. The molecule has 0 radical (unpaired) electrons. The Morgan fingerprint density at radius 2 is 1.85 bits per heavy atom. The molecule has 2 aromatic rings. The Bertz CT molecular complexity index is 890. The molecular formula is C22H27FO3S. The van der Waals surface area contributed by atoms with Crippen molar-refractivity contribution < 1.29 is 17.5 Å². The van der Waals surface area contributed by atoms with E-state index in [4.69, 9.17) is 4.74 Å². The second-order valence-corrected chi connectivity index (χ2v) is 9.73. The molecule has 146 valence electrons. The number of ether oxygens (including phenoxy) is 1. The molecule has 3 atom stereocenters. The average Bonchev–Trinajstić information content (AvgIpc) is 3.09. The smallest absolute Gasteiger partial charge is 0.175 e. The van der Waals surface area contributed by atoms with Crippen LogP contribution >= 0.6 is 0 Å². The van der Waals surface area contributed by atoms with Gasteiger partial charge in [-0.25, -0.2) is 12.8 Å². The fourth-order valence-corrected chi connectivity index (χ4v) is 4.90. The summed E-state index contributed by atoms with van der Waals surface area (Å²) in [6, 6.07) is 12.6. The highest BCUT2D eigenvalue weighted by atomic mass is 32.2. The highest BCUT2D eigenvalue weighted by Gasteiger charge is 2.28. The van der Waals surface area contributed by atoms with Gasteiger partial charge in [0.1, 0.15) is 0 Å². The van der Waals surface area contributed by atoms with Gasteiger partial charge in [0.15, 0.2) is 21.4 Å². The van der Waals surface area contributed by atoms with Crippen LogP contribution < -0.4 is 4.74 Å². The fourth-order valence-electron chi connectivity index (χ4n) is 4.27. The highest BCUT2D eigenvalue weighted by molar-refractivity contribution is 7.90. The van der Waals surface area contributed by atoms with Gasteiger partial charge >= 0.3 is 0 Å². The molecule has 3 rings (SSSR count). The van der Waals surface area contributed by atoms with Gasteiger partial charge in [0.2, 0.25) is 0 Å². The maximum atomic E-state index is 14.5. The third-order valence-electron chi connectivity index (χ3n) is 5.75. The van der Waals surface area contributed by atoms with Crippen molar-refractivity contribution in [2.45, 2.75) is 49.3 Å². The largest absolute Gasteiger partial charge is 0.494 e. The number of hydrogen-bond acceptors (Lipinski definition) is 3. The van der Waals surface area contributed by atoms with Gasteiger partial charge in [-0.3, -0.25) is 0 Å². The molecule has 0 bridgehead atoms. The molecule has 27 heavy (non-hydrogen) atoms. The molecule has 0 saturated heterocycles. The Morgan fingerprint density at radius 3 is 2.48 bits per heavy atom. The van der Waals surface area contributed by atoms with Gasteiger partial charge in [-0.15, -0.1) is 0 Å². The monoisotopic (exact) mass is 390 g/mol. The van der Waals surface area contributed by atoms with Crippen LogP contribution in [0.2, 0.25) is 0 Å². The minimum absolute atomic E-state index is 0.136. The summed E-state index contributed by atoms with van der Waals surface area (Å²) in [7, 11) is -1.67. The predicted molar refractivity (Wildman–Crippen MR) is 106 cm³/mol. The Labute approximate surface area is 161 Å². The first-order valence-electron chi connectivity index (χ1n) is 9.42. The summed E-state index contributed by atoms with van der Waals surface area (Å²) in [6.45, 7) is 2.08. The fraction of sp³-hybridized carbons (Fsp3) is 0.455. The van der Waals surface area contributed by atoms with E-state index in [1.54, 1.807) is 18.2 Å². The van der Waals surface area contributed by atoms with Crippen LogP contribution in [0.1, 0.15) is 55.6 Å². The lowest BCUT2D eigenvalue weighted by Gasteiger charge is -2.19. The van der Waals surface area contributed by atoms with Crippen molar-refractivity contribution >= 4 is 9.84 Å². The molecule has 1 unspecified atom stereocenters. The van der Waals surface area contributed by atoms with Gasteiger partial charge in [-0.05, 0) is 72.8 Å². The number of rotatable bonds is 6. The van der Waals surface area contributed by atoms with Gasteiger partial charge in [-0.1, -0.05) is 31.2 Å². The van der Waals surface area contributed by atoms with Crippen molar-refractivity contribution in [3.05, 3.63) is 59.4 Å². The van der Waals surface area contributed by atoms with Crippen molar-refractivity contribution in [1.29, 1.82) is 0 Å². The Hall–Kier alpha value is -1.88. The number of methoxy groups -OCH3 is 1. The lowest BCUT2D eigenvalue weighted by Crippen LogP contribution is -2.05. The van der Waals surface area contributed by atoms with E-state index in [0.717, 1.165) is 31.2 Å². The molecule has 1 fully saturated rings. The van der Waals surface area contributed by atoms with E-state index >= 15 is 0 Å². The van der Waals surface area contributed by atoms with Crippen LogP contribution in [-0.4, -0.2) is 21.8 Å². The maximum Gasteiger partial charge on any atom is 0.175 e. The van der Waals surface area contributed by atoms with E-state index in [-0.39, 0.29) is 11.7 Å². The van der Waals surface area contributed by atoms with Gasteiger partial charge in [0.05, 0.1) is 12.0 Å². The van der Waals surface area contributed by atoms with Crippen LogP contribution in [-0.2, 0) is 9.84 Å². The van der Waals surface area contributed by atoms with Crippen LogP contribution in [0, 0.1) is 11.7 Å². The summed E-state index contributed by atoms with van der Waals surface area (Å²) < 4.78 is 42.8. The Morgan fingerprint density at radius 1 is 1.15 bits per heavy atom. The third kappa shape index (κ3) is 4.52. The van der Waals surface area contributed by atoms with Gasteiger partial charge in [0, 0.05) is 6.26 Å². The quantitative estimate of drug-likeness (QED) is 0.671. The molecule has 0 spiro atoms. The molecule has 2 aromatic carbocycles. The molecule has 1 aliphatic carbocycles. The Kier molecular flexibility index (Phi) is 5.89. The SMILES string of the molecule is COc1cccc([C@@H](C)CC2CC[C@H](c3ccc(S(C)(=O)=O)cc3)C2)c1F. The standard InChI is InChI=1S/C22H27FO3S/c1-15(20-5-4-6-21(26-2)22(20)23)13-16-7-8-18(14-16)17-9-11-19(12-10-17)27(3,24)25/h4-6,9-12,15-16,18H,7-8,13-14H2,1-3H3/t15-,16?,18-/m0/s1. The van der Waals surface area contributed by atoms with E-state index in [2.05, 4.69) is 6.92 Å². The van der Waals surface area contributed by atoms with Crippen molar-refractivity contribution in [2.75, 3.05) is 13.4 Å². The van der Waals surface area contributed by atoms with E-state index in [1.165, 1.54) is 18.9 Å². The topological polar surface area (TPSA) is 43.4 Å². The summed E-state index contributed by atoms with van der Waals surface area (Å²) in [6.07, 6.45) is 5.45. The zero-order valence-electron chi connectivity index (χ0n) is 16.1. The van der Waals surface area contributed by atoms with Gasteiger partial charge < -0.3 is 4.74 Å². The lowest BCUT2D eigenvalue weighted by molar-refractivity contribution is 0.378. The molecule has 1 aliphatic rings. The van der Waals surface area contributed by atoms with Crippen molar-refractivity contribution in [3.8, 4) is 5.75 Å².